The van der Waals surface area contributed by atoms with Crippen molar-refractivity contribution in [1.82, 2.24) is 48.6 Å². The molecule has 18 aromatic carbocycles. The first-order chi connectivity index (χ1) is 60.9. The molecule has 26 rings (SSSR count). The number of H-pyrrole nitrogens is 1. The van der Waals surface area contributed by atoms with Gasteiger partial charge in [0.2, 0.25) is 0 Å². The second-order valence-corrected chi connectivity index (χ2v) is 31.5. The van der Waals surface area contributed by atoms with Crippen molar-refractivity contribution in [2.75, 3.05) is 0 Å². The Bertz CT molecular complexity index is 8720. The Morgan fingerprint density at radius 3 is 1.08 bits per heavy atom. The third-order valence-corrected chi connectivity index (χ3v) is 24.0. The van der Waals surface area contributed by atoms with Crippen LogP contribution in [0.25, 0.3) is 238 Å². The van der Waals surface area contributed by atoms with Crippen LogP contribution in [-0.4, -0.2) is 48.6 Å². The summed E-state index contributed by atoms with van der Waals surface area (Å²) in [6, 6.07) is 139. The number of para-hydroxylation sites is 8. The van der Waals surface area contributed by atoms with Crippen molar-refractivity contribution in [3.63, 3.8) is 0 Å². The van der Waals surface area contributed by atoms with Crippen LogP contribution < -0.4 is 0 Å². The fourth-order valence-corrected chi connectivity index (χ4v) is 18.4. The summed E-state index contributed by atoms with van der Waals surface area (Å²) in [7, 11) is 0. The molecule has 1 N–H and O–H groups in total. The van der Waals surface area contributed by atoms with Gasteiger partial charge in [-0.1, -0.05) is 291 Å². The van der Waals surface area contributed by atoms with Crippen molar-refractivity contribution in [2.45, 2.75) is 0 Å². The standard InChI is InChI=1S/C55H33N5O.C39H23ClN4O.C16H11N/c1-3-15-34(16-4-1)53-56-54(37-27-28-42-40-21-9-12-24-46(40)59(48(42)31-37)38-19-5-2-6-20-38)58-55(57-53)45-32-39(33-51-52(45)43-23-11-14-26-50(43)61-51)60-47-25-13-10-22-41(47)44-29-35-17-7-8-18-36(35)30-49(44)60;40-26-22-31(36-30-16-8-10-18-34(30)45-35(36)23-26)39-42-37(24-11-3-1-4-12-24)41-38(43-39)25-19-20-29-28-15-7-9-17-32(28)44(33(29)21-25)27-13-5-2-6-14-27;1-2-6-12-10-16-14(9-11(12)5-1)13-7-3-4-8-15(13)17-16/h1-33H;1-23H;1-10,17H. The predicted molar refractivity (Wildman–Crippen MR) is 506 cm³/mol. The van der Waals surface area contributed by atoms with Crippen LogP contribution in [0.5, 0.6) is 0 Å². The van der Waals surface area contributed by atoms with E-state index in [-0.39, 0.29) is 0 Å². The van der Waals surface area contributed by atoms with Gasteiger partial charge in [-0.15, -0.1) is 0 Å². The molecular formula is C110H67ClN10O2. The average molecular weight is 1600 g/mol. The number of halogens is 1. The fourth-order valence-electron chi connectivity index (χ4n) is 18.2. The molecule has 12 nitrogen and oxygen atoms in total. The third kappa shape index (κ3) is 12.1. The minimum absolute atomic E-state index is 0.529. The summed E-state index contributed by atoms with van der Waals surface area (Å²) in [5.41, 5.74) is 20.5. The van der Waals surface area contributed by atoms with Gasteiger partial charge in [0.05, 0.1) is 38.8 Å². The van der Waals surface area contributed by atoms with Crippen molar-refractivity contribution in [1.29, 1.82) is 0 Å². The molecule has 8 heterocycles. The number of benzene rings is 18. The maximum absolute atomic E-state index is 6.72. The number of aromatic amines is 1. The number of hydrogen-bond acceptors (Lipinski definition) is 8. The molecule has 8 aromatic heterocycles. The van der Waals surface area contributed by atoms with Crippen LogP contribution in [0.4, 0.5) is 0 Å². The molecule has 0 aliphatic heterocycles. The van der Waals surface area contributed by atoms with Crippen molar-refractivity contribution in [3.05, 3.63) is 405 Å². The number of rotatable bonds is 9. The fraction of sp³-hybridized carbons (Fsp3) is 0. The molecule has 0 aliphatic rings. The van der Waals surface area contributed by atoms with E-state index in [1.807, 2.05) is 97.1 Å². The lowest BCUT2D eigenvalue weighted by atomic mass is 10.0. The number of nitrogens with one attached hydrogen (secondary N) is 1. The topological polar surface area (TPSA) is 134 Å². The molecule has 0 fully saturated rings. The van der Waals surface area contributed by atoms with Gasteiger partial charge < -0.3 is 27.5 Å². The van der Waals surface area contributed by atoms with Crippen LogP contribution in [0.2, 0.25) is 5.02 Å². The maximum Gasteiger partial charge on any atom is 0.164 e. The largest absolute Gasteiger partial charge is 0.456 e. The van der Waals surface area contributed by atoms with E-state index in [0.29, 0.717) is 45.6 Å². The Hall–Kier alpha value is -16.4. The van der Waals surface area contributed by atoms with E-state index >= 15 is 0 Å². The highest BCUT2D eigenvalue weighted by Crippen LogP contribution is 2.45. The number of aromatic nitrogens is 10. The molecule has 26 aromatic rings. The first-order valence-corrected chi connectivity index (χ1v) is 41.4. The first-order valence-electron chi connectivity index (χ1n) is 41.1. The molecule has 123 heavy (non-hydrogen) atoms. The van der Waals surface area contributed by atoms with Crippen molar-refractivity contribution >= 4 is 164 Å². The third-order valence-electron chi connectivity index (χ3n) is 23.8. The van der Waals surface area contributed by atoms with Gasteiger partial charge in [-0.25, -0.2) is 29.9 Å². The molecule has 0 saturated heterocycles. The van der Waals surface area contributed by atoms with Gasteiger partial charge >= 0.3 is 0 Å². The molecule has 576 valence electrons. The molecule has 0 unspecified atom stereocenters. The minimum atomic E-state index is 0.529. The zero-order valence-corrected chi connectivity index (χ0v) is 66.6. The Morgan fingerprint density at radius 2 is 0.569 bits per heavy atom. The minimum Gasteiger partial charge on any atom is -0.456 e. The average Bonchev–Trinajstić information content (AvgIpc) is 1.58. The summed E-state index contributed by atoms with van der Waals surface area (Å²) < 4.78 is 19.9. The molecule has 0 spiro atoms. The lowest BCUT2D eigenvalue weighted by Crippen LogP contribution is -2.02. The Balaban J connectivity index is 0.000000119. The molecule has 0 bridgehead atoms. The summed E-state index contributed by atoms with van der Waals surface area (Å²) in [4.78, 5) is 34.5. The summed E-state index contributed by atoms with van der Waals surface area (Å²) in [6.07, 6.45) is 0. The highest BCUT2D eigenvalue weighted by molar-refractivity contribution is 6.32. The highest BCUT2D eigenvalue weighted by Gasteiger charge is 2.26. The van der Waals surface area contributed by atoms with Gasteiger partial charge in [-0.05, 0) is 131 Å². The number of hydrogen-bond donors (Lipinski definition) is 1. The van der Waals surface area contributed by atoms with E-state index in [4.69, 9.17) is 50.3 Å². The van der Waals surface area contributed by atoms with Gasteiger partial charge in [-0.3, -0.25) is 0 Å². The number of furan rings is 2. The molecule has 0 radical (unpaired) electrons. The Labute approximate surface area is 707 Å². The van der Waals surface area contributed by atoms with E-state index in [1.54, 1.807) is 0 Å². The lowest BCUT2D eigenvalue weighted by molar-refractivity contribution is 0.668. The molecule has 13 heteroatoms. The smallest absolute Gasteiger partial charge is 0.164 e. The van der Waals surface area contributed by atoms with Gasteiger partial charge in [0, 0.05) is 138 Å². The summed E-state index contributed by atoms with van der Waals surface area (Å²) in [5, 5.41) is 19.1. The van der Waals surface area contributed by atoms with E-state index < -0.39 is 0 Å². The van der Waals surface area contributed by atoms with E-state index in [9.17, 15) is 0 Å². The van der Waals surface area contributed by atoms with Crippen molar-refractivity contribution < 1.29 is 8.83 Å². The van der Waals surface area contributed by atoms with Gasteiger partial charge in [0.1, 0.15) is 22.3 Å². The summed E-state index contributed by atoms with van der Waals surface area (Å²) in [5.74, 6) is 3.44. The SMILES string of the molecule is Clc1cc(-c2nc(-c3ccccc3)nc(-c3ccc4c5ccccc5n(-c5ccccc5)c4c3)n2)c2c(c1)oc1ccccc12.c1ccc(-c2nc(-c3ccc4c5ccccc5n(-c5ccccc5)c4c3)nc(-c3cc(-n4c5ccccc5c5cc6ccccc6cc54)cc4oc5ccccc5c34)n2)cc1.c1ccc2cc3c(cc2c1)[nH]c1ccccc13. The summed E-state index contributed by atoms with van der Waals surface area (Å²) >= 11 is 6.66. The van der Waals surface area contributed by atoms with Crippen LogP contribution >= 0.6 is 11.6 Å². The number of fused-ring (bicyclic) bond motifs is 20. The second kappa shape index (κ2) is 29.0. The lowest BCUT2D eigenvalue weighted by Gasteiger charge is -2.13. The number of nitrogens with zero attached hydrogens (tertiary/aromatic N) is 9. The Morgan fingerprint density at radius 1 is 0.211 bits per heavy atom. The second-order valence-electron chi connectivity index (χ2n) is 31.1. The van der Waals surface area contributed by atoms with Crippen LogP contribution in [0, 0.1) is 0 Å². The Kier molecular flexibility index (Phi) is 16.7. The van der Waals surface area contributed by atoms with Gasteiger partial charge in [0.15, 0.2) is 34.9 Å². The van der Waals surface area contributed by atoms with Gasteiger partial charge in [-0.2, -0.15) is 0 Å². The molecule has 0 atom stereocenters. The quantitative estimate of drug-likeness (QED) is 0.151. The first kappa shape index (κ1) is 70.8. The maximum atomic E-state index is 6.72. The normalized spacial score (nSPS) is 11.8. The highest BCUT2D eigenvalue weighted by atomic mass is 35.5. The molecule has 0 saturated carbocycles. The molecule has 0 amide bonds. The van der Waals surface area contributed by atoms with Crippen LogP contribution in [-0.2, 0) is 0 Å². The van der Waals surface area contributed by atoms with Crippen molar-refractivity contribution in [3.8, 4) is 85.4 Å². The molecular weight excluding hydrogens is 1530 g/mol. The van der Waals surface area contributed by atoms with Crippen LogP contribution in [0.3, 0.4) is 0 Å². The van der Waals surface area contributed by atoms with E-state index in [2.05, 4.69) is 322 Å². The molecule has 0 aliphatic carbocycles. The zero-order valence-electron chi connectivity index (χ0n) is 65.8. The van der Waals surface area contributed by atoms with Gasteiger partial charge in [0.25, 0.3) is 0 Å². The van der Waals surface area contributed by atoms with E-state index in [1.165, 1.54) is 70.3 Å². The zero-order chi connectivity index (χ0) is 81.2. The van der Waals surface area contributed by atoms with Crippen LogP contribution in [0.15, 0.2) is 409 Å². The van der Waals surface area contributed by atoms with Crippen LogP contribution in [0.1, 0.15) is 0 Å². The van der Waals surface area contributed by atoms with Crippen molar-refractivity contribution in [2.24, 2.45) is 0 Å². The predicted octanol–water partition coefficient (Wildman–Crippen LogP) is 29.1. The monoisotopic (exact) mass is 1590 g/mol. The van der Waals surface area contributed by atoms with E-state index in [0.717, 1.165) is 127 Å². The summed E-state index contributed by atoms with van der Waals surface area (Å²) in [6.45, 7) is 0.